The van der Waals surface area contributed by atoms with Gasteiger partial charge < -0.3 is 5.11 Å². The fourth-order valence-electron chi connectivity index (χ4n) is 1.50. The van der Waals surface area contributed by atoms with Crippen LogP contribution in [0.3, 0.4) is 0 Å². The van der Waals surface area contributed by atoms with Crippen molar-refractivity contribution in [1.82, 2.24) is 0 Å². The van der Waals surface area contributed by atoms with Crippen molar-refractivity contribution >= 4 is 0 Å². The van der Waals surface area contributed by atoms with E-state index in [1.807, 2.05) is 13.8 Å². The van der Waals surface area contributed by atoms with E-state index < -0.39 is 0 Å². The summed E-state index contributed by atoms with van der Waals surface area (Å²) in [5.41, 5.74) is 0.875. The SMILES string of the molecule is CC.CC(C)(C)C(C)(C)C.C[C@@H]1CC[C@@H](C)[C@H](O)C1. The molecule has 0 aliphatic heterocycles. The van der Waals surface area contributed by atoms with Crippen LogP contribution < -0.4 is 0 Å². The molecular formula is C18H40O. The lowest BCUT2D eigenvalue weighted by molar-refractivity contribution is 0.0577. The summed E-state index contributed by atoms with van der Waals surface area (Å²) in [5.74, 6) is 1.29. The van der Waals surface area contributed by atoms with Gasteiger partial charge in [0, 0.05) is 0 Å². The molecule has 0 saturated heterocycles. The Kier molecular flexibility index (Phi) is 10.1. The standard InChI is InChI=1S/C8H16O.C8H18.C2H6/c1-6-3-4-7(2)8(9)5-6;1-7(2,3)8(4,5)6;1-2/h6-9H,3-5H2,1-2H3;1-6H3;1-2H3/t6-,7-,8-;;/m1../s1. The van der Waals surface area contributed by atoms with Gasteiger partial charge in [-0.25, -0.2) is 0 Å². The topological polar surface area (TPSA) is 20.2 Å². The van der Waals surface area contributed by atoms with Gasteiger partial charge in [0.05, 0.1) is 6.10 Å². The summed E-state index contributed by atoms with van der Waals surface area (Å²) in [6.07, 6.45) is 3.51. The van der Waals surface area contributed by atoms with Crippen LogP contribution in [0.15, 0.2) is 0 Å². The molecule has 0 aromatic carbocycles. The zero-order chi connectivity index (χ0) is 15.9. The Labute approximate surface area is 123 Å². The van der Waals surface area contributed by atoms with Crippen LogP contribution in [0.25, 0.3) is 0 Å². The van der Waals surface area contributed by atoms with Gasteiger partial charge in [0.25, 0.3) is 0 Å². The lowest BCUT2D eigenvalue weighted by Gasteiger charge is -2.34. The average molecular weight is 273 g/mol. The smallest absolute Gasteiger partial charge is 0.0568 e. The summed E-state index contributed by atoms with van der Waals surface area (Å²) in [6, 6.07) is 0. The lowest BCUT2D eigenvalue weighted by Crippen LogP contribution is -2.25. The zero-order valence-corrected chi connectivity index (χ0v) is 15.3. The first-order chi connectivity index (χ1) is 8.45. The molecule has 3 atom stereocenters. The third-order valence-corrected chi connectivity index (χ3v) is 4.67. The highest BCUT2D eigenvalue weighted by molar-refractivity contribution is 4.77. The van der Waals surface area contributed by atoms with Gasteiger partial charge in [0.2, 0.25) is 0 Å². The van der Waals surface area contributed by atoms with E-state index in [1.54, 1.807) is 0 Å². The van der Waals surface area contributed by atoms with Crippen molar-refractivity contribution in [1.29, 1.82) is 0 Å². The van der Waals surface area contributed by atoms with E-state index >= 15 is 0 Å². The van der Waals surface area contributed by atoms with Crippen LogP contribution in [-0.4, -0.2) is 11.2 Å². The first-order valence-corrected chi connectivity index (χ1v) is 8.13. The Bertz CT molecular complexity index is 195. The second-order valence-corrected chi connectivity index (χ2v) is 7.96. The summed E-state index contributed by atoms with van der Waals surface area (Å²) in [5, 5.41) is 9.35. The summed E-state index contributed by atoms with van der Waals surface area (Å²) < 4.78 is 0. The fourth-order valence-corrected chi connectivity index (χ4v) is 1.50. The van der Waals surface area contributed by atoms with Crippen molar-refractivity contribution in [3.05, 3.63) is 0 Å². The Balaban J connectivity index is 0. The van der Waals surface area contributed by atoms with Gasteiger partial charge in [-0.2, -0.15) is 0 Å². The highest BCUT2D eigenvalue weighted by Gasteiger charge is 2.26. The van der Waals surface area contributed by atoms with Crippen LogP contribution in [0.1, 0.15) is 88.5 Å². The van der Waals surface area contributed by atoms with Crippen LogP contribution >= 0.6 is 0 Å². The van der Waals surface area contributed by atoms with Gasteiger partial charge in [-0.05, 0) is 35.5 Å². The quantitative estimate of drug-likeness (QED) is 0.581. The Morgan fingerprint density at radius 1 is 0.789 bits per heavy atom. The van der Waals surface area contributed by atoms with Gasteiger partial charge in [-0.3, -0.25) is 0 Å². The first kappa shape index (κ1) is 21.3. The number of aliphatic hydroxyl groups excluding tert-OH is 1. The number of rotatable bonds is 0. The zero-order valence-electron chi connectivity index (χ0n) is 15.3. The molecule has 0 heterocycles. The maximum atomic E-state index is 9.35. The van der Waals surface area contributed by atoms with E-state index in [2.05, 4.69) is 55.4 Å². The van der Waals surface area contributed by atoms with Crippen molar-refractivity contribution in [2.24, 2.45) is 22.7 Å². The Morgan fingerprint density at radius 3 is 1.37 bits per heavy atom. The third kappa shape index (κ3) is 9.49. The maximum Gasteiger partial charge on any atom is 0.0568 e. The molecule has 1 rings (SSSR count). The van der Waals surface area contributed by atoms with Crippen molar-refractivity contribution in [2.45, 2.75) is 94.6 Å². The molecule has 0 spiro atoms. The normalized spacial score (nSPS) is 27.6. The van der Waals surface area contributed by atoms with E-state index in [0.717, 1.165) is 12.3 Å². The summed E-state index contributed by atoms with van der Waals surface area (Å²) in [6.45, 7) is 22.0. The van der Waals surface area contributed by atoms with Gasteiger partial charge in [-0.15, -0.1) is 0 Å². The summed E-state index contributed by atoms with van der Waals surface area (Å²) in [4.78, 5) is 0. The van der Waals surface area contributed by atoms with Crippen molar-refractivity contribution in [3.8, 4) is 0 Å². The van der Waals surface area contributed by atoms with Crippen molar-refractivity contribution in [3.63, 3.8) is 0 Å². The molecule has 1 fully saturated rings. The molecule has 1 aliphatic rings. The van der Waals surface area contributed by atoms with E-state index in [9.17, 15) is 5.11 Å². The third-order valence-electron chi connectivity index (χ3n) is 4.67. The molecule has 0 bridgehead atoms. The van der Waals surface area contributed by atoms with Gasteiger partial charge >= 0.3 is 0 Å². The Hall–Kier alpha value is -0.0400. The highest BCUT2D eigenvalue weighted by Crippen LogP contribution is 2.36. The molecule has 0 aromatic rings. The molecule has 0 unspecified atom stereocenters. The number of aliphatic hydroxyl groups is 1. The minimum Gasteiger partial charge on any atom is -0.393 e. The Morgan fingerprint density at radius 2 is 1.16 bits per heavy atom. The molecule has 0 amide bonds. The average Bonchev–Trinajstić information content (AvgIpc) is 2.25. The molecule has 1 heteroatoms. The highest BCUT2D eigenvalue weighted by atomic mass is 16.3. The molecule has 0 radical (unpaired) electrons. The van der Waals surface area contributed by atoms with Crippen LogP contribution in [0.4, 0.5) is 0 Å². The largest absolute Gasteiger partial charge is 0.393 e. The van der Waals surface area contributed by atoms with Crippen molar-refractivity contribution in [2.75, 3.05) is 0 Å². The minimum absolute atomic E-state index is 0.0197. The van der Waals surface area contributed by atoms with E-state index in [0.29, 0.717) is 16.7 Å². The summed E-state index contributed by atoms with van der Waals surface area (Å²) >= 11 is 0. The van der Waals surface area contributed by atoms with Gasteiger partial charge in [0.15, 0.2) is 0 Å². The van der Waals surface area contributed by atoms with Crippen LogP contribution in [-0.2, 0) is 0 Å². The molecule has 19 heavy (non-hydrogen) atoms. The second-order valence-electron chi connectivity index (χ2n) is 7.96. The molecule has 1 saturated carbocycles. The first-order valence-electron chi connectivity index (χ1n) is 8.13. The van der Waals surface area contributed by atoms with Crippen LogP contribution in [0, 0.1) is 22.7 Å². The minimum atomic E-state index is -0.0197. The van der Waals surface area contributed by atoms with Gasteiger partial charge in [0.1, 0.15) is 0 Å². The maximum absolute atomic E-state index is 9.35. The fraction of sp³-hybridized carbons (Fsp3) is 1.00. The summed E-state index contributed by atoms with van der Waals surface area (Å²) in [7, 11) is 0. The van der Waals surface area contributed by atoms with Crippen LogP contribution in [0.5, 0.6) is 0 Å². The number of hydrogen-bond acceptors (Lipinski definition) is 1. The number of hydrogen-bond donors (Lipinski definition) is 1. The van der Waals surface area contributed by atoms with E-state index in [4.69, 9.17) is 0 Å². The molecule has 118 valence electrons. The molecule has 1 nitrogen and oxygen atoms in total. The van der Waals surface area contributed by atoms with Gasteiger partial charge in [-0.1, -0.05) is 75.7 Å². The molecule has 1 N–H and O–H groups in total. The molecule has 0 aromatic heterocycles. The van der Waals surface area contributed by atoms with E-state index in [-0.39, 0.29) is 6.10 Å². The van der Waals surface area contributed by atoms with E-state index in [1.165, 1.54) is 12.8 Å². The van der Waals surface area contributed by atoms with Crippen molar-refractivity contribution < 1.29 is 5.11 Å². The predicted octanol–water partition coefficient (Wildman–Crippen LogP) is 5.91. The second kappa shape index (κ2) is 9.00. The molecular weight excluding hydrogens is 232 g/mol. The molecule has 1 aliphatic carbocycles. The predicted molar refractivity (Wildman–Crippen MR) is 88.4 cm³/mol. The van der Waals surface area contributed by atoms with Crippen LogP contribution in [0.2, 0.25) is 0 Å². The monoisotopic (exact) mass is 272 g/mol. The lowest BCUT2D eigenvalue weighted by atomic mass is 9.71.